The number of rotatable bonds is 5. The van der Waals surface area contributed by atoms with Gasteiger partial charge in [0.2, 0.25) is 11.8 Å². The van der Waals surface area contributed by atoms with Crippen LogP contribution in [-0.4, -0.2) is 52.6 Å². The molecular weight excluding hydrogens is 292 g/mol. The fourth-order valence-electron chi connectivity index (χ4n) is 2.08. The van der Waals surface area contributed by atoms with Crippen LogP contribution < -0.4 is 10.9 Å². The van der Waals surface area contributed by atoms with E-state index >= 15 is 0 Å². The Hall–Kier alpha value is -1.83. The van der Waals surface area contributed by atoms with Crippen molar-refractivity contribution in [3.8, 4) is 0 Å². The van der Waals surface area contributed by atoms with Crippen molar-refractivity contribution in [2.75, 3.05) is 25.9 Å². The van der Waals surface area contributed by atoms with E-state index in [1.165, 1.54) is 24.9 Å². The topological polar surface area (TPSA) is 95.2 Å². The van der Waals surface area contributed by atoms with E-state index < -0.39 is 0 Å². The molecule has 2 heterocycles. The van der Waals surface area contributed by atoms with Crippen molar-refractivity contribution >= 4 is 23.6 Å². The lowest BCUT2D eigenvalue weighted by Gasteiger charge is -2.14. The minimum Gasteiger partial charge on any atom is -0.359 e. The number of amides is 2. The molecule has 21 heavy (non-hydrogen) atoms. The second kappa shape index (κ2) is 7.26. The number of hydrogen-bond donors (Lipinski definition) is 2. The molecule has 0 bridgehead atoms. The first-order valence-electron chi connectivity index (χ1n) is 6.80. The van der Waals surface area contributed by atoms with Crippen molar-refractivity contribution in [1.82, 2.24) is 20.2 Å². The summed E-state index contributed by atoms with van der Waals surface area (Å²) >= 11 is 1.19. The standard InChI is InChI=1S/C13H18N4O3S/c1-14-10(18)6-9-7-11(19)16-13(15-9)21-8-12(20)17-4-2-3-5-17/h7H,2-6,8H2,1H3,(H,14,18)(H,15,16,19). The van der Waals surface area contributed by atoms with Crippen molar-refractivity contribution in [2.45, 2.75) is 24.4 Å². The van der Waals surface area contributed by atoms with Crippen molar-refractivity contribution in [1.29, 1.82) is 0 Å². The van der Waals surface area contributed by atoms with E-state index in [1.807, 2.05) is 4.90 Å². The number of likely N-dealkylation sites (N-methyl/N-ethyl adjacent to an activating group) is 1. The maximum absolute atomic E-state index is 11.9. The number of aromatic amines is 1. The van der Waals surface area contributed by atoms with Gasteiger partial charge >= 0.3 is 0 Å². The largest absolute Gasteiger partial charge is 0.359 e. The SMILES string of the molecule is CNC(=O)Cc1cc(=O)[nH]c(SCC(=O)N2CCCC2)n1. The fourth-order valence-corrected chi connectivity index (χ4v) is 2.88. The minimum atomic E-state index is -0.319. The highest BCUT2D eigenvalue weighted by Gasteiger charge is 2.18. The van der Waals surface area contributed by atoms with Gasteiger partial charge in [0, 0.05) is 26.2 Å². The molecule has 1 saturated heterocycles. The molecule has 7 nitrogen and oxygen atoms in total. The van der Waals surface area contributed by atoms with Crippen LogP contribution in [0.25, 0.3) is 0 Å². The first-order chi connectivity index (χ1) is 10.1. The number of carbonyl (C=O) groups excluding carboxylic acids is 2. The Labute approximate surface area is 126 Å². The van der Waals surface area contributed by atoms with Gasteiger partial charge in [-0.25, -0.2) is 4.98 Å². The summed E-state index contributed by atoms with van der Waals surface area (Å²) in [7, 11) is 1.53. The lowest BCUT2D eigenvalue weighted by molar-refractivity contribution is -0.127. The molecule has 0 saturated carbocycles. The molecule has 1 fully saturated rings. The summed E-state index contributed by atoms with van der Waals surface area (Å²) in [5, 5.41) is 2.85. The molecule has 0 unspecified atom stereocenters. The van der Waals surface area contributed by atoms with E-state index in [0.29, 0.717) is 10.9 Å². The van der Waals surface area contributed by atoms with Crippen molar-refractivity contribution in [3.63, 3.8) is 0 Å². The molecule has 1 aliphatic heterocycles. The second-order valence-electron chi connectivity index (χ2n) is 4.77. The quantitative estimate of drug-likeness (QED) is 0.579. The van der Waals surface area contributed by atoms with Gasteiger partial charge in [0.25, 0.3) is 5.56 Å². The van der Waals surface area contributed by atoms with Crippen molar-refractivity contribution in [3.05, 3.63) is 22.1 Å². The maximum atomic E-state index is 11.9. The molecule has 0 radical (unpaired) electrons. The zero-order valence-corrected chi connectivity index (χ0v) is 12.7. The monoisotopic (exact) mass is 310 g/mol. The Morgan fingerprint density at radius 2 is 2.14 bits per heavy atom. The van der Waals surface area contributed by atoms with Crippen LogP contribution >= 0.6 is 11.8 Å². The summed E-state index contributed by atoms with van der Waals surface area (Å²) in [6, 6.07) is 1.29. The van der Waals surface area contributed by atoms with Gasteiger partial charge < -0.3 is 15.2 Å². The van der Waals surface area contributed by atoms with Crippen LogP contribution in [0.1, 0.15) is 18.5 Å². The summed E-state index contributed by atoms with van der Waals surface area (Å²) in [6.45, 7) is 1.61. The smallest absolute Gasteiger partial charge is 0.251 e. The number of carbonyl (C=O) groups is 2. The van der Waals surface area contributed by atoms with Crippen LogP contribution in [0.4, 0.5) is 0 Å². The molecule has 8 heteroatoms. The molecule has 0 aliphatic carbocycles. The third-order valence-corrected chi connectivity index (χ3v) is 4.04. The number of nitrogens with zero attached hydrogens (tertiary/aromatic N) is 2. The van der Waals surface area contributed by atoms with E-state index in [-0.39, 0.29) is 29.5 Å². The summed E-state index contributed by atoms with van der Waals surface area (Å²) in [6.07, 6.45) is 2.15. The van der Waals surface area contributed by atoms with E-state index in [4.69, 9.17) is 0 Å². The number of hydrogen-bond acceptors (Lipinski definition) is 5. The molecule has 0 atom stereocenters. The predicted octanol–water partition coefficient (Wildman–Crippen LogP) is -0.227. The Kier molecular flexibility index (Phi) is 5.38. The highest BCUT2D eigenvalue weighted by atomic mass is 32.2. The zero-order chi connectivity index (χ0) is 15.2. The summed E-state index contributed by atoms with van der Waals surface area (Å²) in [5.74, 6) is 0.0841. The molecule has 1 aromatic heterocycles. The molecule has 0 spiro atoms. The van der Waals surface area contributed by atoms with Gasteiger partial charge in [-0.3, -0.25) is 14.4 Å². The number of aromatic nitrogens is 2. The summed E-state index contributed by atoms with van der Waals surface area (Å²) in [4.78, 5) is 43.4. The van der Waals surface area contributed by atoms with Gasteiger partial charge in [-0.05, 0) is 12.8 Å². The number of thioether (sulfide) groups is 1. The maximum Gasteiger partial charge on any atom is 0.251 e. The Morgan fingerprint density at radius 1 is 1.43 bits per heavy atom. The Bertz CT molecular complexity index is 581. The van der Waals surface area contributed by atoms with E-state index in [2.05, 4.69) is 15.3 Å². The average molecular weight is 310 g/mol. The molecule has 2 N–H and O–H groups in total. The Morgan fingerprint density at radius 3 is 2.81 bits per heavy atom. The Balaban J connectivity index is 1.97. The minimum absolute atomic E-state index is 0.0497. The number of H-pyrrole nitrogens is 1. The highest BCUT2D eigenvalue weighted by molar-refractivity contribution is 7.99. The molecule has 1 aliphatic rings. The molecule has 2 rings (SSSR count). The second-order valence-corrected chi connectivity index (χ2v) is 5.73. The van der Waals surface area contributed by atoms with Crippen LogP contribution in [0.15, 0.2) is 16.0 Å². The van der Waals surface area contributed by atoms with Crippen LogP contribution in [0.2, 0.25) is 0 Å². The predicted molar refractivity (Wildman–Crippen MR) is 79.2 cm³/mol. The van der Waals surface area contributed by atoms with Crippen molar-refractivity contribution in [2.24, 2.45) is 0 Å². The first kappa shape index (κ1) is 15.6. The number of nitrogens with one attached hydrogen (secondary N) is 2. The molecule has 1 aromatic rings. The van der Waals surface area contributed by atoms with Gasteiger partial charge in [0.05, 0.1) is 17.9 Å². The van der Waals surface area contributed by atoms with Crippen molar-refractivity contribution < 1.29 is 9.59 Å². The van der Waals surface area contributed by atoms with Gasteiger partial charge in [0.15, 0.2) is 5.16 Å². The van der Waals surface area contributed by atoms with Gasteiger partial charge in [-0.2, -0.15) is 0 Å². The molecular formula is C13H18N4O3S. The van der Waals surface area contributed by atoms with Crippen LogP contribution in [0.5, 0.6) is 0 Å². The lowest BCUT2D eigenvalue weighted by atomic mass is 10.3. The zero-order valence-electron chi connectivity index (χ0n) is 11.8. The number of likely N-dealkylation sites (tertiary alicyclic amines) is 1. The van der Waals surface area contributed by atoms with E-state index in [9.17, 15) is 14.4 Å². The van der Waals surface area contributed by atoms with E-state index in [1.54, 1.807) is 0 Å². The van der Waals surface area contributed by atoms with Gasteiger partial charge in [-0.15, -0.1) is 0 Å². The van der Waals surface area contributed by atoms with Gasteiger partial charge in [-0.1, -0.05) is 11.8 Å². The fraction of sp³-hybridized carbons (Fsp3) is 0.538. The lowest BCUT2D eigenvalue weighted by Crippen LogP contribution is -2.29. The average Bonchev–Trinajstić information content (AvgIpc) is 2.98. The molecule has 2 amide bonds. The first-order valence-corrected chi connectivity index (χ1v) is 7.78. The molecule has 114 valence electrons. The molecule has 0 aromatic carbocycles. The normalized spacial score (nSPS) is 14.2. The summed E-state index contributed by atoms with van der Waals surface area (Å²) < 4.78 is 0. The summed E-state index contributed by atoms with van der Waals surface area (Å²) in [5.41, 5.74) is 0.0780. The van der Waals surface area contributed by atoms with E-state index in [0.717, 1.165) is 25.9 Å². The van der Waals surface area contributed by atoms with Crippen LogP contribution in [-0.2, 0) is 16.0 Å². The van der Waals surface area contributed by atoms with Crippen LogP contribution in [0, 0.1) is 0 Å². The third kappa shape index (κ3) is 4.59. The van der Waals surface area contributed by atoms with Gasteiger partial charge in [0.1, 0.15) is 0 Å². The third-order valence-electron chi connectivity index (χ3n) is 3.18. The van der Waals surface area contributed by atoms with Crippen LogP contribution in [0.3, 0.4) is 0 Å². The highest BCUT2D eigenvalue weighted by Crippen LogP contribution is 2.15.